The third kappa shape index (κ3) is 2.17. The fourth-order valence-corrected chi connectivity index (χ4v) is 3.70. The zero-order valence-electron chi connectivity index (χ0n) is 11.8. The number of hydrogen-bond acceptors (Lipinski definition) is 3. The van der Waals surface area contributed by atoms with Crippen molar-refractivity contribution in [1.82, 2.24) is 10.1 Å². The maximum atomic E-state index is 12.7. The van der Waals surface area contributed by atoms with Crippen LogP contribution in [0.4, 0.5) is 0 Å². The van der Waals surface area contributed by atoms with Crippen LogP contribution in [0.15, 0.2) is 4.52 Å². The van der Waals surface area contributed by atoms with Gasteiger partial charge in [-0.25, -0.2) is 0 Å². The first-order chi connectivity index (χ1) is 9.18. The van der Waals surface area contributed by atoms with E-state index in [1.807, 2.05) is 13.8 Å². The Balaban J connectivity index is 1.83. The van der Waals surface area contributed by atoms with Gasteiger partial charge in [-0.2, -0.15) is 0 Å². The van der Waals surface area contributed by atoms with E-state index in [1.54, 1.807) is 0 Å². The van der Waals surface area contributed by atoms with Crippen molar-refractivity contribution in [3.63, 3.8) is 0 Å². The minimum Gasteiger partial charge on any atom is -0.361 e. The van der Waals surface area contributed by atoms with Crippen LogP contribution in [0.25, 0.3) is 0 Å². The lowest BCUT2D eigenvalue weighted by atomic mass is 10.0. The minimum absolute atomic E-state index is 0.194. The molecule has 1 amide bonds. The number of rotatable bonds is 2. The van der Waals surface area contributed by atoms with Gasteiger partial charge in [0.05, 0.1) is 11.7 Å². The standard InChI is InChI=1S/C15H22N2O2/c1-10-14(11(2)19-16-10)13-8-5-9-17(13)15(18)12-6-3-4-7-12/h12-13H,3-9H2,1-2H3. The van der Waals surface area contributed by atoms with Gasteiger partial charge in [0, 0.05) is 18.0 Å². The first-order valence-electron chi connectivity index (χ1n) is 7.41. The van der Waals surface area contributed by atoms with Crippen LogP contribution in [0.5, 0.6) is 0 Å². The Bertz CT molecular complexity index is 455. The van der Waals surface area contributed by atoms with Crippen LogP contribution in [0, 0.1) is 19.8 Å². The van der Waals surface area contributed by atoms with Crippen LogP contribution in [-0.2, 0) is 4.79 Å². The van der Waals surface area contributed by atoms with Crippen LogP contribution >= 0.6 is 0 Å². The quantitative estimate of drug-likeness (QED) is 0.822. The summed E-state index contributed by atoms with van der Waals surface area (Å²) in [7, 11) is 0. The van der Waals surface area contributed by atoms with Gasteiger partial charge < -0.3 is 9.42 Å². The van der Waals surface area contributed by atoms with Gasteiger partial charge in [0.2, 0.25) is 5.91 Å². The van der Waals surface area contributed by atoms with Crippen molar-refractivity contribution in [1.29, 1.82) is 0 Å². The monoisotopic (exact) mass is 262 g/mol. The first kappa shape index (κ1) is 12.7. The lowest BCUT2D eigenvalue weighted by Crippen LogP contribution is -2.35. The summed E-state index contributed by atoms with van der Waals surface area (Å²) in [6, 6.07) is 0.194. The summed E-state index contributed by atoms with van der Waals surface area (Å²) in [5.74, 6) is 1.50. The number of amides is 1. The number of aryl methyl sites for hydroxylation is 2. The Hall–Kier alpha value is -1.32. The molecule has 2 heterocycles. The van der Waals surface area contributed by atoms with E-state index in [9.17, 15) is 4.79 Å². The second kappa shape index (κ2) is 4.99. The number of hydrogen-bond donors (Lipinski definition) is 0. The Morgan fingerprint density at radius 1 is 1.21 bits per heavy atom. The van der Waals surface area contributed by atoms with Crippen LogP contribution in [0.3, 0.4) is 0 Å². The molecular weight excluding hydrogens is 240 g/mol. The molecule has 1 saturated carbocycles. The van der Waals surface area contributed by atoms with Crippen molar-refractivity contribution in [2.75, 3.05) is 6.54 Å². The molecule has 1 atom stereocenters. The molecule has 2 aliphatic rings. The lowest BCUT2D eigenvalue weighted by molar-refractivity contribution is -0.136. The van der Waals surface area contributed by atoms with E-state index in [-0.39, 0.29) is 12.0 Å². The van der Waals surface area contributed by atoms with Crippen LogP contribution < -0.4 is 0 Å². The second-order valence-corrected chi connectivity index (χ2v) is 5.91. The number of nitrogens with zero attached hydrogens (tertiary/aromatic N) is 2. The highest BCUT2D eigenvalue weighted by atomic mass is 16.5. The predicted octanol–water partition coefficient (Wildman–Crippen LogP) is 3.15. The summed E-state index contributed by atoms with van der Waals surface area (Å²) in [4.78, 5) is 14.7. The molecule has 19 heavy (non-hydrogen) atoms. The smallest absolute Gasteiger partial charge is 0.226 e. The van der Waals surface area contributed by atoms with Crippen LogP contribution in [0.1, 0.15) is 61.6 Å². The molecule has 104 valence electrons. The molecule has 0 bridgehead atoms. The summed E-state index contributed by atoms with van der Waals surface area (Å²) in [6.07, 6.45) is 6.70. The molecule has 0 spiro atoms. The SMILES string of the molecule is Cc1noc(C)c1C1CCCN1C(=O)C1CCCC1. The highest BCUT2D eigenvalue weighted by Crippen LogP contribution is 2.38. The minimum atomic E-state index is 0.194. The number of carbonyl (C=O) groups excluding carboxylic acids is 1. The highest BCUT2D eigenvalue weighted by Gasteiger charge is 2.37. The number of aromatic nitrogens is 1. The maximum absolute atomic E-state index is 12.7. The number of likely N-dealkylation sites (tertiary alicyclic amines) is 1. The number of carbonyl (C=O) groups is 1. The summed E-state index contributed by atoms with van der Waals surface area (Å²) in [6.45, 7) is 4.82. The molecule has 1 saturated heterocycles. The van der Waals surface area contributed by atoms with Crippen molar-refractivity contribution in [3.05, 3.63) is 17.0 Å². The largest absolute Gasteiger partial charge is 0.361 e. The van der Waals surface area contributed by atoms with E-state index in [2.05, 4.69) is 10.1 Å². The Morgan fingerprint density at radius 2 is 1.95 bits per heavy atom. The fraction of sp³-hybridized carbons (Fsp3) is 0.733. The van der Waals surface area contributed by atoms with Crippen molar-refractivity contribution in [3.8, 4) is 0 Å². The Morgan fingerprint density at radius 3 is 2.58 bits per heavy atom. The Kier molecular flexibility index (Phi) is 3.33. The van der Waals surface area contributed by atoms with Crippen LogP contribution in [0.2, 0.25) is 0 Å². The molecule has 1 unspecified atom stereocenters. The molecule has 3 rings (SSSR count). The maximum Gasteiger partial charge on any atom is 0.226 e. The van der Waals surface area contributed by atoms with Crippen LogP contribution in [-0.4, -0.2) is 22.5 Å². The average Bonchev–Trinajstić information content (AvgIpc) is 3.10. The molecule has 0 N–H and O–H groups in total. The van der Waals surface area contributed by atoms with E-state index in [0.717, 1.165) is 49.2 Å². The molecule has 2 fully saturated rings. The second-order valence-electron chi connectivity index (χ2n) is 5.91. The molecule has 1 aromatic heterocycles. The third-order valence-corrected chi connectivity index (χ3v) is 4.66. The zero-order valence-corrected chi connectivity index (χ0v) is 11.8. The molecule has 0 radical (unpaired) electrons. The van der Waals surface area contributed by atoms with Gasteiger partial charge >= 0.3 is 0 Å². The zero-order chi connectivity index (χ0) is 13.4. The Labute approximate surface area is 114 Å². The van der Waals surface area contributed by atoms with Crippen molar-refractivity contribution >= 4 is 5.91 Å². The summed E-state index contributed by atoms with van der Waals surface area (Å²) in [5, 5.41) is 4.04. The van der Waals surface area contributed by atoms with E-state index in [0.29, 0.717) is 5.91 Å². The third-order valence-electron chi connectivity index (χ3n) is 4.66. The lowest BCUT2D eigenvalue weighted by Gasteiger charge is -2.27. The molecular formula is C15H22N2O2. The van der Waals surface area contributed by atoms with Crippen molar-refractivity contribution in [2.45, 2.75) is 58.4 Å². The van der Waals surface area contributed by atoms with Gasteiger partial charge in [-0.15, -0.1) is 0 Å². The van der Waals surface area contributed by atoms with Gasteiger partial charge in [-0.05, 0) is 39.5 Å². The molecule has 1 aromatic rings. The topological polar surface area (TPSA) is 46.3 Å². The van der Waals surface area contributed by atoms with E-state index >= 15 is 0 Å². The molecule has 1 aliphatic carbocycles. The fourth-order valence-electron chi connectivity index (χ4n) is 3.70. The van der Waals surface area contributed by atoms with Crippen molar-refractivity contribution in [2.24, 2.45) is 5.92 Å². The predicted molar refractivity (Wildman–Crippen MR) is 71.6 cm³/mol. The van der Waals surface area contributed by atoms with Gasteiger partial charge in [0.25, 0.3) is 0 Å². The molecule has 1 aliphatic heterocycles. The normalized spacial score (nSPS) is 24.3. The molecule has 4 heteroatoms. The van der Waals surface area contributed by atoms with E-state index < -0.39 is 0 Å². The van der Waals surface area contributed by atoms with E-state index in [4.69, 9.17) is 4.52 Å². The summed E-state index contributed by atoms with van der Waals surface area (Å²) in [5.41, 5.74) is 2.08. The summed E-state index contributed by atoms with van der Waals surface area (Å²) < 4.78 is 5.27. The average molecular weight is 262 g/mol. The first-order valence-corrected chi connectivity index (χ1v) is 7.41. The van der Waals surface area contributed by atoms with Gasteiger partial charge in [-0.3, -0.25) is 4.79 Å². The molecule has 0 aromatic carbocycles. The van der Waals surface area contributed by atoms with Gasteiger partial charge in [0.1, 0.15) is 5.76 Å². The molecule has 4 nitrogen and oxygen atoms in total. The van der Waals surface area contributed by atoms with Gasteiger partial charge in [0.15, 0.2) is 0 Å². The van der Waals surface area contributed by atoms with Gasteiger partial charge in [-0.1, -0.05) is 18.0 Å². The van der Waals surface area contributed by atoms with E-state index in [1.165, 1.54) is 12.8 Å². The van der Waals surface area contributed by atoms with Crippen molar-refractivity contribution < 1.29 is 9.32 Å². The highest BCUT2D eigenvalue weighted by molar-refractivity contribution is 5.80. The summed E-state index contributed by atoms with van der Waals surface area (Å²) >= 11 is 0.